The van der Waals surface area contributed by atoms with E-state index in [4.69, 9.17) is 5.73 Å². The van der Waals surface area contributed by atoms with E-state index in [2.05, 4.69) is 51.8 Å². The summed E-state index contributed by atoms with van der Waals surface area (Å²) in [7, 11) is 0. The Morgan fingerprint density at radius 1 is 1.35 bits per heavy atom. The van der Waals surface area contributed by atoms with Crippen LogP contribution in [-0.2, 0) is 0 Å². The Balaban J connectivity index is 2.56. The van der Waals surface area contributed by atoms with Crippen molar-refractivity contribution in [1.29, 1.82) is 0 Å². The molecule has 0 fully saturated rings. The smallest absolute Gasteiger partial charge is 0.0900 e. The number of aromatic nitrogens is 1. The largest absolute Gasteiger partial charge is 0.326 e. The van der Waals surface area contributed by atoms with Gasteiger partial charge in [0.1, 0.15) is 0 Å². The second kappa shape index (κ2) is 5.46. The molecule has 1 rings (SSSR count). The Kier molecular flexibility index (Phi) is 4.69. The first-order chi connectivity index (χ1) is 7.71. The first-order valence-corrected chi connectivity index (χ1v) is 6.96. The average molecular weight is 255 g/mol. The molecule has 4 heteroatoms. The third-order valence-electron chi connectivity index (χ3n) is 3.09. The topological polar surface area (TPSA) is 50.9 Å². The monoisotopic (exact) mass is 255 g/mol. The van der Waals surface area contributed by atoms with Crippen LogP contribution in [0.2, 0.25) is 0 Å². The van der Waals surface area contributed by atoms with Gasteiger partial charge in [0, 0.05) is 23.5 Å². The van der Waals surface area contributed by atoms with Crippen molar-refractivity contribution < 1.29 is 0 Å². The van der Waals surface area contributed by atoms with Gasteiger partial charge in [-0.15, -0.1) is 11.3 Å². The molecule has 3 nitrogen and oxygen atoms in total. The van der Waals surface area contributed by atoms with Gasteiger partial charge in [0.15, 0.2) is 0 Å². The first kappa shape index (κ1) is 14.6. The molecule has 2 unspecified atom stereocenters. The molecule has 17 heavy (non-hydrogen) atoms. The van der Waals surface area contributed by atoms with Crippen LogP contribution in [0.1, 0.15) is 49.3 Å². The van der Waals surface area contributed by atoms with E-state index in [1.807, 2.05) is 0 Å². The fourth-order valence-corrected chi connectivity index (χ4v) is 2.61. The SMILES string of the molecule is Cc1nc(C)c(C(C)NCC(N)C(C)(C)C)s1. The van der Waals surface area contributed by atoms with Gasteiger partial charge in [-0.2, -0.15) is 0 Å². The van der Waals surface area contributed by atoms with Crippen LogP contribution in [0.5, 0.6) is 0 Å². The lowest BCUT2D eigenvalue weighted by molar-refractivity contribution is 0.303. The van der Waals surface area contributed by atoms with Crippen LogP contribution in [0.15, 0.2) is 0 Å². The number of nitrogens with zero attached hydrogens (tertiary/aromatic N) is 1. The van der Waals surface area contributed by atoms with Crippen molar-refractivity contribution in [2.75, 3.05) is 6.54 Å². The number of rotatable bonds is 4. The zero-order valence-corrected chi connectivity index (χ0v) is 12.6. The molecule has 0 aliphatic heterocycles. The van der Waals surface area contributed by atoms with Gasteiger partial charge in [-0.3, -0.25) is 0 Å². The summed E-state index contributed by atoms with van der Waals surface area (Å²) in [4.78, 5) is 5.78. The Hall–Kier alpha value is -0.450. The summed E-state index contributed by atoms with van der Waals surface area (Å²) in [5, 5.41) is 4.64. The molecule has 3 N–H and O–H groups in total. The maximum absolute atomic E-state index is 6.15. The molecular formula is C13H25N3S. The van der Waals surface area contributed by atoms with Gasteiger partial charge in [-0.25, -0.2) is 4.98 Å². The molecule has 0 aromatic carbocycles. The van der Waals surface area contributed by atoms with E-state index in [0.717, 1.165) is 17.2 Å². The maximum atomic E-state index is 6.15. The summed E-state index contributed by atoms with van der Waals surface area (Å²) < 4.78 is 0. The number of nitrogens with one attached hydrogen (secondary N) is 1. The van der Waals surface area contributed by atoms with Crippen LogP contribution >= 0.6 is 11.3 Å². The fourth-order valence-electron chi connectivity index (χ4n) is 1.65. The number of thiazole rings is 1. The summed E-state index contributed by atoms with van der Waals surface area (Å²) in [5.41, 5.74) is 7.43. The second-order valence-electron chi connectivity index (χ2n) is 5.78. The fraction of sp³-hybridized carbons (Fsp3) is 0.769. The zero-order chi connectivity index (χ0) is 13.2. The normalized spacial score (nSPS) is 15.9. The van der Waals surface area contributed by atoms with Gasteiger partial charge in [0.25, 0.3) is 0 Å². The van der Waals surface area contributed by atoms with Crippen molar-refractivity contribution in [3.8, 4) is 0 Å². The van der Waals surface area contributed by atoms with E-state index >= 15 is 0 Å². The summed E-state index contributed by atoms with van der Waals surface area (Å²) in [5.74, 6) is 0. The van der Waals surface area contributed by atoms with Crippen molar-refractivity contribution in [2.45, 2.75) is 53.6 Å². The molecule has 1 aromatic heterocycles. The van der Waals surface area contributed by atoms with Gasteiger partial charge in [-0.05, 0) is 26.2 Å². The molecule has 0 spiro atoms. The van der Waals surface area contributed by atoms with Crippen LogP contribution < -0.4 is 11.1 Å². The van der Waals surface area contributed by atoms with E-state index in [9.17, 15) is 0 Å². The van der Waals surface area contributed by atoms with E-state index in [1.54, 1.807) is 11.3 Å². The molecule has 0 bridgehead atoms. The van der Waals surface area contributed by atoms with Gasteiger partial charge >= 0.3 is 0 Å². The minimum Gasteiger partial charge on any atom is -0.326 e. The lowest BCUT2D eigenvalue weighted by Crippen LogP contribution is -2.44. The third kappa shape index (κ3) is 4.05. The van der Waals surface area contributed by atoms with Gasteiger partial charge in [-0.1, -0.05) is 20.8 Å². The predicted molar refractivity (Wildman–Crippen MR) is 75.4 cm³/mol. The molecule has 98 valence electrons. The van der Waals surface area contributed by atoms with Crippen molar-refractivity contribution in [1.82, 2.24) is 10.3 Å². The average Bonchev–Trinajstić information content (AvgIpc) is 2.52. The standard InChI is InChI=1S/C13H25N3S/c1-8(12-9(2)16-10(3)17-12)15-7-11(14)13(4,5)6/h8,11,15H,7,14H2,1-6H3. The molecule has 1 heterocycles. The van der Waals surface area contributed by atoms with Gasteiger partial charge in [0.05, 0.1) is 10.7 Å². The van der Waals surface area contributed by atoms with Crippen LogP contribution in [-0.4, -0.2) is 17.6 Å². The summed E-state index contributed by atoms with van der Waals surface area (Å²) in [6.07, 6.45) is 0. The molecule has 0 radical (unpaired) electrons. The molecule has 0 amide bonds. The van der Waals surface area contributed by atoms with Crippen molar-refractivity contribution in [3.63, 3.8) is 0 Å². The Bertz CT molecular complexity index is 365. The summed E-state index contributed by atoms with van der Waals surface area (Å²) in [6, 6.07) is 0.494. The van der Waals surface area contributed by atoms with E-state index in [1.165, 1.54) is 4.88 Å². The third-order valence-corrected chi connectivity index (χ3v) is 4.34. The Morgan fingerprint density at radius 2 is 1.94 bits per heavy atom. The van der Waals surface area contributed by atoms with Crippen molar-refractivity contribution in [2.24, 2.45) is 11.1 Å². The van der Waals surface area contributed by atoms with Crippen LogP contribution in [0.4, 0.5) is 0 Å². The molecular weight excluding hydrogens is 230 g/mol. The number of hydrogen-bond acceptors (Lipinski definition) is 4. The van der Waals surface area contributed by atoms with E-state index in [0.29, 0.717) is 6.04 Å². The van der Waals surface area contributed by atoms with Crippen molar-refractivity contribution in [3.05, 3.63) is 15.6 Å². The first-order valence-electron chi connectivity index (χ1n) is 6.14. The van der Waals surface area contributed by atoms with E-state index < -0.39 is 0 Å². The van der Waals surface area contributed by atoms with E-state index in [-0.39, 0.29) is 11.5 Å². The van der Waals surface area contributed by atoms with Crippen molar-refractivity contribution >= 4 is 11.3 Å². The van der Waals surface area contributed by atoms with Crippen LogP contribution in [0, 0.1) is 19.3 Å². The molecule has 0 saturated carbocycles. The minimum absolute atomic E-state index is 0.144. The zero-order valence-electron chi connectivity index (χ0n) is 11.8. The highest BCUT2D eigenvalue weighted by Gasteiger charge is 2.21. The lowest BCUT2D eigenvalue weighted by atomic mass is 9.87. The quantitative estimate of drug-likeness (QED) is 0.870. The number of aryl methyl sites for hydroxylation is 2. The van der Waals surface area contributed by atoms with Crippen LogP contribution in [0.25, 0.3) is 0 Å². The number of nitrogens with two attached hydrogens (primary N) is 1. The highest BCUT2D eigenvalue weighted by atomic mass is 32.1. The maximum Gasteiger partial charge on any atom is 0.0900 e. The molecule has 0 aliphatic carbocycles. The van der Waals surface area contributed by atoms with Gasteiger partial charge < -0.3 is 11.1 Å². The summed E-state index contributed by atoms with van der Waals surface area (Å²) >= 11 is 1.77. The molecule has 2 atom stereocenters. The second-order valence-corrected chi connectivity index (χ2v) is 7.02. The highest BCUT2D eigenvalue weighted by molar-refractivity contribution is 7.11. The van der Waals surface area contributed by atoms with Gasteiger partial charge in [0.2, 0.25) is 0 Å². The van der Waals surface area contributed by atoms with Crippen LogP contribution in [0.3, 0.4) is 0 Å². The summed E-state index contributed by atoms with van der Waals surface area (Å²) in [6.45, 7) is 13.6. The Morgan fingerprint density at radius 3 is 2.35 bits per heavy atom. The molecule has 0 aliphatic rings. The number of hydrogen-bond donors (Lipinski definition) is 2. The predicted octanol–water partition coefficient (Wildman–Crippen LogP) is 2.78. The minimum atomic E-state index is 0.144. The Labute approximate surface area is 109 Å². The molecule has 1 aromatic rings. The highest BCUT2D eigenvalue weighted by Crippen LogP contribution is 2.25. The lowest BCUT2D eigenvalue weighted by Gasteiger charge is -2.28. The molecule has 0 saturated heterocycles.